The van der Waals surface area contributed by atoms with Gasteiger partial charge in [0.25, 0.3) is 0 Å². The van der Waals surface area contributed by atoms with Crippen LogP contribution in [0.3, 0.4) is 0 Å². The zero-order valence-electron chi connectivity index (χ0n) is 29.4. The molecule has 1 amide bonds. The zero-order valence-corrected chi connectivity index (χ0v) is 29.4. The molecule has 2 aromatic heterocycles. The van der Waals surface area contributed by atoms with Gasteiger partial charge < -0.3 is 49.8 Å². The van der Waals surface area contributed by atoms with Crippen LogP contribution in [0.1, 0.15) is 66.4 Å². The Morgan fingerprint density at radius 1 is 1.02 bits per heavy atom. The van der Waals surface area contributed by atoms with E-state index in [0.717, 1.165) is 12.8 Å². The maximum absolute atomic E-state index is 12.8. The van der Waals surface area contributed by atoms with Crippen molar-refractivity contribution in [1.82, 2.24) is 15.3 Å². The molecular weight excluding hydrogens is 652 g/mol. The van der Waals surface area contributed by atoms with Crippen molar-refractivity contribution >= 4 is 41.2 Å². The number of nitriles is 1. The van der Waals surface area contributed by atoms with Crippen molar-refractivity contribution in [3.8, 4) is 11.8 Å². The standard InChI is InChI=1S/C33H48N8O9/c1-32(2,3)49-27(42)18-24(38-31(44)50-33(4,5)6)30(43)48-16-14-46-13-15-47-25-17-23(41-35)28(39-26-8-7-21(19-34)20-36-26)40-29(25)37-22-9-11-45-12-10-22/h7-8,17,20,22,24,41H,9-16,18,35H2,1-6H3,(H,38,44)(H2,36,37,39,40)/t24-/m0/s1. The van der Waals surface area contributed by atoms with Crippen LogP contribution >= 0.6 is 0 Å². The Hall–Kier alpha value is -4.92. The smallest absolute Gasteiger partial charge is 0.408 e. The summed E-state index contributed by atoms with van der Waals surface area (Å²) in [6, 6.07) is 5.78. The molecule has 6 N–H and O–H groups in total. The Morgan fingerprint density at radius 2 is 1.72 bits per heavy atom. The molecular formula is C33H48N8O9. The number of hydrazine groups is 1. The van der Waals surface area contributed by atoms with Crippen molar-refractivity contribution in [2.24, 2.45) is 5.84 Å². The molecule has 0 aliphatic carbocycles. The number of ether oxygens (including phenoxy) is 6. The molecule has 0 bridgehead atoms. The minimum Gasteiger partial charge on any atom is -0.487 e. The number of aromatic nitrogens is 2. The number of pyridine rings is 2. The van der Waals surface area contributed by atoms with Gasteiger partial charge in [-0.15, -0.1) is 0 Å². The molecule has 1 saturated heterocycles. The van der Waals surface area contributed by atoms with Crippen LogP contribution in [0.2, 0.25) is 0 Å². The number of anilines is 4. The van der Waals surface area contributed by atoms with Crippen molar-refractivity contribution in [2.45, 2.75) is 84.1 Å². The quantitative estimate of drug-likeness (QED) is 0.0554. The van der Waals surface area contributed by atoms with Gasteiger partial charge in [0.15, 0.2) is 17.4 Å². The lowest BCUT2D eigenvalue weighted by Crippen LogP contribution is -2.46. The van der Waals surface area contributed by atoms with Crippen molar-refractivity contribution in [3.63, 3.8) is 0 Å². The molecule has 1 aliphatic heterocycles. The van der Waals surface area contributed by atoms with E-state index >= 15 is 0 Å². The number of nitrogens with two attached hydrogens (primary N) is 1. The van der Waals surface area contributed by atoms with Gasteiger partial charge in [0, 0.05) is 31.5 Å². The second kappa shape index (κ2) is 18.7. The third-order valence-corrected chi connectivity index (χ3v) is 6.57. The number of nitrogen functional groups attached to an aromatic ring is 1. The molecule has 0 radical (unpaired) electrons. The Bertz CT molecular complexity index is 1430. The average molecular weight is 701 g/mol. The number of esters is 2. The van der Waals surface area contributed by atoms with Gasteiger partial charge in [-0.25, -0.2) is 19.6 Å². The average Bonchev–Trinajstić information content (AvgIpc) is 3.03. The number of nitrogens with zero attached hydrogens (tertiary/aromatic N) is 3. The summed E-state index contributed by atoms with van der Waals surface area (Å²) in [7, 11) is 0. The molecule has 17 nitrogen and oxygen atoms in total. The number of carbonyl (C=O) groups is 3. The van der Waals surface area contributed by atoms with E-state index in [1.165, 1.54) is 6.20 Å². The molecule has 17 heteroatoms. The Kier molecular flexibility index (Phi) is 14.8. The summed E-state index contributed by atoms with van der Waals surface area (Å²) in [5.74, 6) is 6.00. The second-order valence-electron chi connectivity index (χ2n) is 13.2. The van der Waals surface area contributed by atoms with Gasteiger partial charge in [0.1, 0.15) is 42.3 Å². The lowest BCUT2D eigenvalue weighted by atomic mass is 10.1. The van der Waals surface area contributed by atoms with E-state index < -0.39 is 41.7 Å². The summed E-state index contributed by atoms with van der Waals surface area (Å²) < 4.78 is 32.9. The van der Waals surface area contributed by atoms with E-state index in [0.29, 0.717) is 47.7 Å². The van der Waals surface area contributed by atoms with E-state index in [9.17, 15) is 14.4 Å². The summed E-state index contributed by atoms with van der Waals surface area (Å²) >= 11 is 0. The molecule has 0 saturated carbocycles. The fraction of sp³-hybridized carbons (Fsp3) is 0.576. The Labute approximate surface area is 291 Å². The van der Waals surface area contributed by atoms with Crippen LogP contribution in [0.25, 0.3) is 0 Å². The maximum Gasteiger partial charge on any atom is 0.408 e. The first-order chi connectivity index (χ1) is 23.7. The predicted octanol–water partition coefficient (Wildman–Crippen LogP) is 3.53. The van der Waals surface area contributed by atoms with Crippen molar-refractivity contribution < 1.29 is 42.8 Å². The summed E-state index contributed by atoms with van der Waals surface area (Å²) in [5.41, 5.74) is 1.87. The van der Waals surface area contributed by atoms with Gasteiger partial charge in [0.05, 0.1) is 30.9 Å². The third kappa shape index (κ3) is 14.3. The summed E-state index contributed by atoms with van der Waals surface area (Å²) in [6.07, 6.45) is 1.69. The van der Waals surface area contributed by atoms with Crippen LogP contribution in [0.5, 0.6) is 5.75 Å². The number of hydrogen-bond donors (Lipinski definition) is 5. The van der Waals surface area contributed by atoms with Crippen LogP contribution in [-0.2, 0) is 33.3 Å². The highest BCUT2D eigenvalue weighted by Gasteiger charge is 2.30. The van der Waals surface area contributed by atoms with Gasteiger partial charge in [0.2, 0.25) is 0 Å². The first-order valence-corrected chi connectivity index (χ1v) is 16.2. The van der Waals surface area contributed by atoms with Crippen molar-refractivity contribution in [3.05, 3.63) is 30.0 Å². The molecule has 0 spiro atoms. The first kappa shape index (κ1) is 39.5. The van der Waals surface area contributed by atoms with E-state index in [4.69, 9.17) is 44.5 Å². The molecule has 2 aromatic rings. The van der Waals surface area contributed by atoms with Crippen LogP contribution in [0.4, 0.5) is 27.9 Å². The van der Waals surface area contributed by atoms with Crippen molar-refractivity contribution in [2.75, 3.05) is 55.7 Å². The monoisotopic (exact) mass is 700 g/mol. The first-order valence-electron chi connectivity index (χ1n) is 16.2. The van der Waals surface area contributed by atoms with Gasteiger partial charge >= 0.3 is 18.0 Å². The van der Waals surface area contributed by atoms with Gasteiger partial charge in [-0.3, -0.25) is 10.6 Å². The van der Waals surface area contributed by atoms with Crippen LogP contribution in [0.15, 0.2) is 24.4 Å². The van der Waals surface area contributed by atoms with E-state index in [1.54, 1.807) is 59.7 Å². The van der Waals surface area contributed by atoms with Gasteiger partial charge in [-0.1, -0.05) is 0 Å². The minimum atomic E-state index is -1.33. The van der Waals surface area contributed by atoms with E-state index in [2.05, 4.69) is 26.4 Å². The second-order valence-corrected chi connectivity index (χ2v) is 13.2. The van der Waals surface area contributed by atoms with Gasteiger partial charge in [-0.05, 0) is 66.5 Å². The number of hydrogen-bond acceptors (Lipinski definition) is 16. The number of nitrogens with one attached hydrogen (secondary N) is 4. The zero-order chi connectivity index (χ0) is 36.7. The topological polar surface area (TPSA) is 230 Å². The highest BCUT2D eigenvalue weighted by molar-refractivity contribution is 5.86. The molecule has 0 unspecified atom stereocenters. The molecule has 3 rings (SSSR count). The highest BCUT2D eigenvalue weighted by Crippen LogP contribution is 2.34. The summed E-state index contributed by atoms with van der Waals surface area (Å²) in [6.45, 7) is 11.4. The van der Waals surface area contributed by atoms with Crippen molar-refractivity contribution in [1.29, 1.82) is 5.26 Å². The molecule has 1 aliphatic rings. The molecule has 0 aromatic carbocycles. The maximum atomic E-state index is 12.8. The normalized spacial score (nSPS) is 14.0. The molecule has 50 heavy (non-hydrogen) atoms. The Balaban J connectivity index is 1.57. The lowest BCUT2D eigenvalue weighted by molar-refractivity contribution is -0.160. The molecule has 3 heterocycles. The summed E-state index contributed by atoms with van der Waals surface area (Å²) in [4.78, 5) is 46.5. The Morgan fingerprint density at radius 3 is 2.34 bits per heavy atom. The fourth-order valence-corrected chi connectivity index (χ4v) is 4.41. The highest BCUT2D eigenvalue weighted by atomic mass is 16.6. The molecule has 1 atom stereocenters. The SMILES string of the molecule is CC(C)(C)OC(=O)C[C@H](NC(=O)OC(C)(C)C)C(=O)OCCOCCOc1cc(NN)c(Nc2ccc(C#N)cn2)nc1NC1CCOCC1. The molecule has 274 valence electrons. The van der Waals surface area contributed by atoms with E-state index in [-0.39, 0.29) is 32.5 Å². The van der Waals surface area contributed by atoms with Crippen LogP contribution in [0, 0.1) is 11.3 Å². The number of rotatable bonds is 16. The van der Waals surface area contributed by atoms with E-state index in [1.807, 2.05) is 6.07 Å². The number of alkyl carbamates (subject to hydrolysis) is 1. The molecule has 1 fully saturated rings. The lowest BCUT2D eigenvalue weighted by Gasteiger charge is -2.25. The summed E-state index contributed by atoms with van der Waals surface area (Å²) in [5, 5.41) is 18.0. The fourth-order valence-electron chi connectivity index (χ4n) is 4.41. The number of amides is 1. The predicted molar refractivity (Wildman–Crippen MR) is 183 cm³/mol. The van der Waals surface area contributed by atoms with Crippen LogP contribution < -0.4 is 32.0 Å². The minimum absolute atomic E-state index is 0.0161. The third-order valence-electron chi connectivity index (χ3n) is 6.57. The van der Waals surface area contributed by atoms with Gasteiger partial charge in [-0.2, -0.15) is 5.26 Å². The van der Waals surface area contributed by atoms with Crippen LogP contribution in [-0.4, -0.2) is 90.9 Å². The largest absolute Gasteiger partial charge is 0.487 e. The number of carbonyl (C=O) groups excluding carboxylic acids is 3.